The molecule has 162 valence electrons. The predicted molar refractivity (Wildman–Crippen MR) is 116 cm³/mol. The fourth-order valence-electron chi connectivity index (χ4n) is 3.27. The van der Waals surface area contributed by atoms with E-state index in [1.165, 1.54) is 52.7 Å². The average Bonchev–Trinajstić information content (AvgIpc) is 2.66. The van der Waals surface area contributed by atoms with Crippen molar-refractivity contribution in [2.75, 3.05) is 26.7 Å². The van der Waals surface area contributed by atoms with Gasteiger partial charge in [-0.15, -0.1) is 6.58 Å². The van der Waals surface area contributed by atoms with E-state index in [4.69, 9.17) is 13.6 Å². The maximum Gasteiger partial charge on any atom is 0.339 e. The van der Waals surface area contributed by atoms with Gasteiger partial charge in [-0.25, -0.2) is 0 Å². The van der Waals surface area contributed by atoms with Crippen LogP contribution in [-0.2, 0) is 22.7 Å². The summed E-state index contributed by atoms with van der Waals surface area (Å²) in [6, 6.07) is 0. The molecule has 0 bridgehead atoms. The number of hydrogen-bond donors (Lipinski definition) is 0. The van der Waals surface area contributed by atoms with E-state index in [-0.39, 0.29) is 11.6 Å². The van der Waals surface area contributed by atoms with Gasteiger partial charge in [0.1, 0.15) is 5.90 Å². The van der Waals surface area contributed by atoms with Gasteiger partial charge in [0, 0.05) is 19.9 Å². The smallest absolute Gasteiger partial charge is 0.328 e. The predicted octanol–water partition coefficient (Wildman–Crippen LogP) is 7.61. The monoisotopic (exact) mass is 424 g/mol. The molecule has 0 aliphatic rings. The highest BCUT2D eigenvalue weighted by Gasteiger charge is 2.41. The Balaban J connectivity index is 4.80. The summed E-state index contributed by atoms with van der Waals surface area (Å²) in [5, 5.41) is 0. The second kappa shape index (κ2) is 15.9. The van der Waals surface area contributed by atoms with Crippen LogP contribution in [0.3, 0.4) is 0 Å². The van der Waals surface area contributed by atoms with Gasteiger partial charge in [0.25, 0.3) is 0 Å². The summed E-state index contributed by atoms with van der Waals surface area (Å²) in [7, 11) is -3.88. The van der Waals surface area contributed by atoms with Crippen molar-refractivity contribution in [2.45, 2.75) is 90.1 Å². The highest BCUT2D eigenvalue weighted by Crippen LogP contribution is 2.66. The van der Waals surface area contributed by atoms with Crippen LogP contribution in [0.5, 0.6) is 0 Å². The molecule has 0 aliphatic carbocycles. The van der Waals surface area contributed by atoms with Gasteiger partial charge in [-0.05, 0) is 26.2 Å². The fraction of sp³-hybridized carbons (Fsp3) is 0.900. The van der Waals surface area contributed by atoms with Crippen molar-refractivity contribution in [3.05, 3.63) is 12.7 Å². The summed E-state index contributed by atoms with van der Waals surface area (Å²) in [5.74, 6) is -0.153. The van der Waals surface area contributed by atoms with E-state index < -0.39 is 15.0 Å². The molecule has 7 heteroatoms. The van der Waals surface area contributed by atoms with Crippen LogP contribution in [0, 0.1) is 0 Å². The molecule has 2 unspecified atom stereocenters. The van der Waals surface area contributed by atoms with Gasteiger partial charge in [-0.1, -0.05) is 64.4 Å². The number of hydrogen-bond acceptors (Lipinski definition) is 5. The molecular weight excluding hydrogens is 382 g/mol. The summed E-state index contributed by atoms with van der Waals surface area (Å²) in [5.41, 5.74) is -0.130. The highest BCUT2D eigenvalue weighted by molar-refractivity contribution is 7.74. The summed E-state index contributed by atoms with van der Waals surface area (Å²) in [6.45, 7) is 8.15. The minimum absolute atomic E-state index is 0.130. The Labute approximate surface area is 167 Å². The Kier molecular flexibility index (Phi) is 16.0. The molecule has 0 amide bonds. The molecule has 0 saturated heterocycles. The third-order valence-corrected chi connectivity index (χ3v) is 11.3. The zero-order chi connectivity index (χ0) is 20.6. The van der Waals surface area contributed by atoms with Gasteiger partial charge in [-0.2, -0.15) is 0 Å². The Morgan fingerprint density at radius 2 is 1.44 bits per heavy atom. The molecule has 2 atom stereocenters. The molecule has 0 aliphatic heterocycles. The fourth-order valence-corrected chi connectivity index (χ4v) is 9.29. The normalized spacial score (nSPS) is 15.4. The van der Waals surface area contributed by atoms with Gasteiger partial charge in [0.05, 0.1) is 6.61 Å². The van der Waals surface area contributed by atoms with E-state index in [2.05, 4.69) is 13.5 Å². The van der Waals surface area contributed by atoms with E-state index >= 15 is 0 Å². The lowest BCUT2D eigenvalue weighted by Crippen LogP contribution is -2.15. The number of allylic oxidation sites excluding steroid dienone is 1. The third-order valence-electron chi connectivity index (χ3n) is 4.93. The quantitative estimate of drug-likeness (QED) is 0.121. The summed E-state index contributed by atoms with van der Waals surface area (Å²) < 4.78 is 42.0. The van der Waals surface area contributed by atoms with Crippen LogP contribution >= 0.6 is 15.0 Å². The topological polar surface area (TPSA) is 61.8 Å². The lowest BCUT2D eigenvalue weighted by Gasteiger charge is -2.29. The summed E-state index contributed by atoms with van der Waals surface area (Å²) in [4.78, 5) is 0. The van der Waals surface area contributed by atoms with Gasteiger partial charge in [-0.3, -0.25) is 9.13 Å². The van der Waals surface area contributed by atoms with Gasteiger partial charge >= 0.3 is 7.60 Å². The molecule has 0 radical (unpaired) electrons. The van der Waals surface area contributed by atoms with Crippen molar-refractivity contribution in [3.63, 3.8) is 0 Å². The molecule has 0 spiro atoms. The van der Waals surface area contributed by atoms with Crippen LogP contribution in [0.25, 0.3) is 0 Å². The van der Waals surface area contributed by atoms with Crippen molar-refractivity contribution in [1.29, 1.82) is 0 Å². The van der Waals surface area contributed by atoms with Crippen LogP contribution < -0.4 is 0 Å². The van der Waals surface area contributed by atoms with Gasteiger partial charge < -0.3 is 13.6 Å². The van der Waals surface area contributed by atoms with Crippen LogP contribution in [0.1, 0.15) is 84.5 Å². The van der Waals surface area contributed by atoms with Crippen LogP contribution in [-0.4, -0.2) is 32.4 Å². The molecule has 0 aromatic heterocycles. The lowest BCUT2D eigenvalue weighted by atomic mass is 10.0. The standard InChI is InChI=1S/C20H42O5P2/c1-6-9-11-12-13-14-15-16-18-20(17-10-7-2)26(21,25-8-3)19-27(22,23-4)24-5/h7,20H,2,6,8-19H2,1,3-5H3. The first kappa shape index (κ1) is 27.1. The first-order chi connectivity index (χ1) is 12.9. The molecule has 0 aromatic carbocycles. The van der Waals surface area contributed by atoms with Crippen LogP contribution in [0.2, 0.25) is 0 Å². The second-order valence-corrected chi connectivity index (χ2v) is 12.6. The highest BCUT2D eigenvalue weighted by atomic mass is 31.2. The maximum atomic E-state index is 13.6. The number of unbranched alkanes of at least 4 members (excludes halogenated alkanes) is 7. The average molecular weight is 424 g/mol. The first-order valence-corrected chi connectivity index (χ1v) is 14.1. The van der Waals surface area contributed by atoms with E-state index in [1.807, 2.05) is 13.0 Å². The SMILES string of the molecule is C=CCCC(CCCCCCCCCC)P(=O)(CP(=O)(OC)OC)OCC. The molecule has 0 heterocycles. The van der Waals surface area contributed by atoms with Gasteiger partial charge in [0.2, 0.25) is 7.37 Å². The van der Waals surface area contributed by atoms with Crippen molar-refractivity contribution < 1.29 is 22.7 Å². The minimum Gasteiger partial charge on any atom is -0.328 e. The molecule has 5 nitrogen and oxygen atoms in total. The molecule has 0 rings (SSSR count). The largest absolute Gasteiger partial charge is 0.339 e. The van der Waals surface area contributed by atoms with Gasteiger partial charge in [0.15, 0.2) is 0 Å². The third kappa shape index (κ3) is 11.6. The van der Waals surface area contributed by atoms with Crippen molar-refractivity contribution in [3.8, 4) is 0 Å². The zero-order valence-corrected chi connectivity index (χ0v) is 19.8. The number of rotatable bonds is 19. The first-order valence-electron chi connectivity index (χ1n) is 10.5. The van der Waals surface area contributed by atoms with Crippen LogP contribution in [0.15, 0.2) is 12.7 Å². The Morgan fingerprint density at radius 1 is 0.889 bits per heavy atom. The molecule has 0 fully saturated rings. The van der Waals surface area contributed by atoms with Crippen molar-refractivity contribution in [2.24, 2.45) is 0 Å². The summed E-state index contributed by atoms with van der Waals surface area (Å²) in [6.07, 6.45) is 14.0. The molecular formula is C20H42O5P2. The van der Waals surface area contributed by atoms with E-state index in [0.717, 1.165) is 32.1 Å². The van der Waals surface area contributed by atoms with E-state index in [0.29, 0.717) is 6.61 Å². The Bertz CT molecular complexity index is 459. The maximum absolute atomic E-state index is 13.6. The lowest BCUT2D eigenvalue weighted by molar-refractivity contribution is 0.274. The minimum atomic E-state index is -3.39. The van der Waals surface area contributed by atoms with E-state index in [1.54, 1.807) is 0 Å². The van der Waals surface area contributed by atoms with Crippen molar-refractivity contribution >= 4 is 15.0 Å². The summed E-state index contributed by atoms with van der Waals surface area (Å²) >= 11 is 0. The van der Waals surface area contributed by atoms with Crippen molar-refractivity contribution in [1.82, 2.24) is 0 Å². The molecule has 0 N–H and O–H groups in total. The molecule has 0 aromatic rings. The Hall–Kier alpha value is 0.0800. The second-order valence-electron chi connectivity index (χ2n) is 7.04. The van der Waals surface area contributed by atoms with E-state index in [9.17, 15) is 9.13 Å². The zero-order valence-electron chi connectivity index (χ0n) is 18.0. The Morgan fingerprint density at radius 3 is 1.93 bits per heavy atom. The molecule has 27 heavy (non-hydrogen) atoms. The van der Waals surface area contributed by atoms with Crippen LogP contribution in [0.4, 0.5) is 0 Å². The molecule has 0 saturated carbocycles.